The molecule has 1 aromatic rings. The van der Waals surface area contributed by atoms with E-state index in [1.165, 1.54) is 6.07 Å². The van der Waals surface area contributed by atoms with Gasteiger partial charge in [-0.15, -0.1) is 0 Å². The van der Waals surface area contributed by atoms with Crippen LogP contribution < -0.4 is 11.1 Å². The van der Waals surface area contributed by atoms with Gasteiger partial charge in [0.2, 0.25) is 0 Å². The number of amidine groups is 1. The zero-order chi connectivity index (χ0) is 12.7. The molecule has 0 radical (unpaired) electrons. The Kier molecular flexibility index (Phi) is 4.89. The average molecular weight is 238 g/mol. The third-order valence-electron chi connectivity index (χ3n) is 2.19. The second-order valence-corrected chi connectivity index (χ2v) is 3.40. The van der Waals surface area contributed by atoms with E-state index in [0.717, 1.165) is 0 Å². The van der Waals surface area contributed by atoms with Crippen LogP contribution in [0, 0.1) is 10.1 Å². The molecular weight excluding hydrogens is 224 g/mol. The monoisotopic (exact) mass is 238 g/mol. The summed E-state index contributed by atoms with van der Waals surface area (Å²) in [6.07, 6.45) is 0.386. The first-order chi connectivity index (χ1) is 8.15. The zero-order valence-electron chi connectivity index (χ0n) is 9.17. The van der Waals surface area contributed by atoms with E-state index >= 15 is 0 Å². The molecule has 0 bridgehead atoms. The van der Waals surface area contributed by atoms with E-state index in [0.29, 0.717) is 25.1 Å². The Morgan fingerprint density at radius 3 is 2.88 bits per heavy atom. The molecule has 0 unspecified atom stereocenters. The topological polar surface area (TPSA) is 114 Å². The molecule has 0 aliphatic heterocycles. The molecule has 0 aromatic heterocycles. The maximum Gasteiger partial charge on any atom is 0.273 e. The van der Waals surface area contributed by atoms with E-state index < -0.39 is 4.92 Å². The van der Waals surface area contributed by atoms with E-state index in [1.54, 1.807) is 18.2 Å². The van der Waals surface area contributed by atoms with Crippen molar-refractivity contribution >= 4 is 11.5 Å². The lowest BCUT2D eigenvalue weighted by Gasteiger charge is -2.04. The molecule has 1 aromatic carbocycles. The number of nitrogens with zero attached hydrogens (tertiary/aromatic N) is 2. The van der Waals surface area contributed by atoms with Gasteiger partial charge in [0.05, 0.1) is 4.92 Å². The fraction of sp³-hybridized carbons (Fsp3) is 0.300. The van der Waals surface area contributed by atoms with Crippen LogP contribution in [0.5, 0.6) is 0 Å². The lowest BCUT2D eigenvalue weighted by Crippen LogP contribution is -2.22. The largest absolute Gasteiger partial charge is 0.409 e. The number of nitro benzene ring substituents is 1. The standard InChI is InChI=1S/C10H14N4O3/c11-10(13-15)5-6-12-7-8-3-1-2-4-9(8)14(16)17/h1-4,12,15H,5-7H2,(H2,11,13). The summed E-state index contributed by atoms with van der Waals surface area (Å²) < 4.78 is 0. The molecule has 0 saturated carbocycles. The third-order valence-corrected chi connectivity index (χ3v) is 2.19. The minimum atomic E-state index is -0.416. The summed E-state index contributed by atoms with van der Waals surface area (Å²) in [5.41, 5.74) is 5.98. The molecule has 0 heterocycles. The Bertz CT molecular complexity index is 420. The van der Waals surface area contributed by atoms with Gasteiger partial charge in [-0.1, -0.05) is 23.4 Å². The molecule has 0 saturated heterocycles. The van der Waals surface area contributed by atoms with E-state index in [1.807, 2.05) is 0 Å². The fourth-order valence-electron chi connectivity index (χ4n) is 1.33. The Morgan fingerprint density at radius 2 is 2.24 bits per heavy atom. The van der Waals surface area contributed by atoms with Crippen molar-refractivity contribution in [3.8, 4) is 0 Å². The van der Waals surface area contributed by atoms with Crippen LogP contribution in [0.25, 0.3) is 0 Å². The van der Waals surface area contributed by atoms with Crippen molar-refractivity contribution in [3.63, 3.8) is 0 Å². The van der Waals surface area contributed by atoms with Crippen LogP contribution in [-0.4, -0.2) is 22.5 Å². The van der Waals surface area contributed by atoms with Gasteiger partial charge in [-0.2, -0.15) is 0 Å². The van der Waals surface area contributed by atoms with Crippen molar-refractivity contribution < 1.29 is 10.1 Å². The van der Waals surface area contributed by atoms with Crippen molar-refractivity contribution in [2.75, 3.05) is 6.54 Å². The van der Waals surface area contributed by atoms with Crippen LogP contribution >= 0.6 is 0 Å². The lowest BCUT2D eigenvalue weighted by atomic mass is 10.2. The molecule has 92 valence electrons. The van der Waals surface area contributed by atoms with Crippen LogP contribution in [0.1, 0.15) is 12.0 Å². The molecule has 1 rings (SSSR count). The number of nitrogens with two attached hydrogens (primary N) is 1. The Morgan fingerprint density at radius 1 is 1.53 bits per heavy atom. The number of hydrogen-bond donors (Lipinski definition) is 3. The van der Waals surface area contributed by atoms with Crippen LogP contribution in [0.15, 0.2) is 29.4 Å². The molecule has 17 heavy (non-hydrogen) atoms. The quantitative estimate of drug-likeness (QED) is 0.169. The summed E-state index contributed by atoms with van der Waals surface area (Å²) >= 11 is 0. The molecule has 0 fully saturated rings. The van der Waals surface area contributed by atoms with Gasteiger partial charge in [0.25, 0.3) is 5.69 Å². The van der Waals surface area contributed by atoms with E-state index in [2.05, 4.69) is 10.5 Å². The van der Waals surface area contributed by atoms with Gasteiger partial charge in [0.15, 0.2) is 0 Å². The van der Waals surface area contributed by atoms with Crippen molar-refractivity contribution in [1.29, 1.82) is 0 Å². The summed E-state index contributed by atoms with van der Waals surface area (Å²) in [6.45, 7) is 0.859. The SMILES string of the molecule is NC(CCNCc1ccccc1[N+](=O)[O-])=NO. The van der Waals surface area contributed by atoms with E-state index in [9.17, 15) is 10.1 Å². The normalized spacial score (nSPS) is 11.4. The van der Waals surface area contributed by atoms with Gasteiger partial charge >= 0.3 is 0 Å². The maximum absolute atomic E-state index is 10.7. The van der Waals surface area contributed by atoms with Gasteiger partial charge in [-0.05, 0) is 0 Å². The summed E-state index contributed by atoms with van der Waals surface area (Å²) in [5, 5.41) is 24.8. The van der Waals surface area contributed by atoms with Crippen LogP contribution in [-0.2, 0) is 6.54 Å². The number of oxime groups is 1. The highest BCUT2D eigenvalue weighted by Gasteiger charge is 2.11. The fourth-order valence-corrected chi connectivity index (χ4v) is 1.33. The van der Waals surface area contributed by atoms with E-state index in [4.69, 9.17) is 10.9 Å². The third kappa shape index (κ3) is 4.07. The van der Waals surface area contributed by atoms with Crippen molar-refractivity contribution in [2.45, 2.75) is 13.0 Å². The Hall–Kier alpha value is -2.15. The first-order valence-electron chi connectivity index (χ1n) is 5.04. The molecule has 0 spiro atoms. The van der Waals surface area contributed by atoms with Crippen LogP contribution in [0.4, 0.5) is 5.69 Å². The summed E-state index contributed by atoms with van der Waals surface area (Å²) in [5.74, 6) is 0.125. The molecule has 7 heteroatoms. The second kappa shape index (κ2) is 6.44. The average Bonchev–Trinajstić information content (AvgIpc) is 2.34. The van der Waals surface area contributed by atoms with Gasteiger partial charge in [0, 0.05) is 31.1 Å². The molecular formula is C10H14N4O3. The molecule has 0 atom stereocenters. The molecule has 0 aliphatic carbocycles. The lowest BCUT2D eigenvalue weighted by molar-refractivity contribution is -0.385. The number of benzene rings is 1. The molecule has 0 aliphatic rings. The van der Waals surface area contributed by atoms with Crippen LogP contribution in [0.2, 0.25) is 0 Å². The summed E-state index contributed by atoms with van der Waals surface area (Å²) in [4.78, 5) is 10.3. The molecule has 4 N–H and O–H groups in total. The minimum absolute atomic E-state index is 0.0868. The predicted octanol–water partition coefficient (Wildman–Crippen LogP) is 0.821. The minimum Gasteiger partial charge on any atom is -0.409 e. The van der Waals surface area contributed by atoms with Gasteiger partial charge in [-0.25, -0.2) is 0 Å². The van der Waals surface area contributed by atoms with Gasteiger partial charge in [0.1, 0.15) is 5.84 Å². The highest BCUT2D eigenvalue weighted by atomic mass is 16.6. The summed E-state index contributed by atoms with van der Waals surface area (Å²) in [6, 6.07) is 6.51. The maximum atomic E-state index is 10.7. The van der Waals surface area contributed by atoms with Crippen molar-refractivity contribution in [1.82, 2.24) is 5.32 Å². The molecule has 7 nitrogen and oxygen atoms in total. The van der Waals surface area contributed by atoms with Crippen LogP contribution in [0.3, 0.4) is 0 Å². The number of rotatable bonds is 6. The highest BCUT2D eigenvalue weighted by Crippen LogP contribution is 2.16. The first kappa shape index (κ1) is 12.9. The van der Waals surface area contributed by atoms with Crippen molar-refractivity contribution in [2.24, 2.45) is 10.9 Å². The van der Waals surface area contributed by atoms with Gasteiger partial charge < -0.3 is 16.3 Å². The van der Waals surface area contributed by atoms with Crippen molar-refractivity contribution in [3.05, 3.63) is 39.9 Å². The predicted molar refractivity (Wildman–Crippen MR) is 62.8 cm³/mol. The molecule has 0 amide bonds. The smallest absolute Gasteiger partial charge is 0.273 e. The number of para-hydroxylation sites is 1. The number of nitrogens with one attached hydrogen (secondary N) is 1. The highest BCUT2D eigenvalue weighted by molar-refractivity contribution is 5.79. The first-order valence-corrected chi connectivity index (χ1v) is 5.04. The Labute approximate surface area is 98.1 Å². The number of nitro groups is 1. The number of hydrogen-bond acceptors (Lipinski definition) is 5. The Balaban J connectivity index is 2.49. The van der Waals surface area contributed by atoms with Gasteiger partial charge in [-0.3, -0.25) is 10.1 Å². The second-order valence-electron chi connectivity index (χ2n) is 3.40. The zero-order valence-corrected chi connectivity index (χ0v) is 9.17. The summed E-state index contributed by atoms with van der Waals surface area (Å²) in [7, 11) is 0. The van der Waals surface area contributed by atoms with E-state index in [-0.39, 0.29) is 11.5 Å².